The highest BCUT2D eigenvalue weighted by Crippen LogP contribution is 2.46. The van der Waals surface area contributed by atoms with E-state index in [-0.39, 0.29) is 58.6 Å². The molecule has 0 bridgehead atoms. The summed E-state index contributed by atoms with van der Waals surface area (Å²) in [5.74, 6) is -0.677. The Hall–Kier alpha value is -11.8. The van der Waals surface area contributed by atoms with Crippen molar-refractivity contribution in [3.63, 3.8) is 0 Å². The van der Waals surface area contributed by atoms with Crippen LogP contribution in [0.25, 0.3) is 101 Å². The largest absolute Gasteiger partial charge is 0.387 e. The molecule has 12 aromatic rings. The van der Waals surface area contributed by atoms with Crippen LogP contribution in [0.4, 0.5) is 49.8 Å². The lowest BCUT2D eigenvalue weighted by Crippen LogP contribution is -2.28. The second kappa shape index (κ2) is 28.1. The Kier molecular flexibility index (Phi) is 18.9. The zero-order chi connectivity index (χ0) is 68.1. The predicted molar refractivity (Wildman–Crippen MR) is 353 cm³/mol. The number of pyridine rings is 4. The van der Waals surface area contributed by atoms with E-state index in [9.17, 15) is 47.3 Å². The molecule has 2 atom stereocenters. The molecule has 0 radical (unpaired) electrons. The van der Waals surface area contributed by atoms with E-state index in [0.29, 0.717) is 127 Å². The van der Waals surface area contributed by atoms with Crippen LogP contribution in [0.15, 0.2) is 128 Å². The lowest BCUT2D eigenvalue weighted by molar-refractivity contribution is 0.141. The summed E-state index contributed by atoms with van der Waals surface area (Å²) in [6.45, 7) is 8.25. The van der Waals surface area contributed by atoms with Crippen molar-refractivity contribution in [1.29, 1.82) is 0 Å². The van der Waals surface area contributed by atoms with Gasteiger partial charge in [0.25, 0.3) is 0 Å². The smallest absolute Gasteiger partial charge is 0.321 e. The van der Waals surface area contributed by atoms with Crippen molar-refractivity contribution in [2.75, 3.05) is 35.6 Å². The Morgan fingerprint density at radius 1 is 0.505 bits per heavy atom. The number of urea groups is 3. The van der Waals surface area contributed by atoms with Crippen LogP contribution in [0, 0.1) is 29.2 Å². The van der Waals surface area contributed by atoms with E-state index < -0.39 is 47.1 Å². The number of imidazole rings is 3. The first-order valence-electron chi connectivity index (χ1n) is 30.8. The Labute approximate surface area is 548 Å². The number of H-pyrrole nitrogens is 3. The summed E-state index contributed by atoms with van der Waals surface area (Å²) in [5, 5.41) is 45.9. The number of aromatic nitrogens is 14. The van der Waals surface area contributed by atoms with Gasteiger partial charge in [-0.1, -0.05) is 0 Å². The number of halogens is 4. The number of amides is 6. The van der Waals surface area contributed by atoms with Crippen LogP contribution >= 0.6 is 0 Å². The van der Waals surface area contributed by atoms with E-state index in [1.165, 1.54) is 55.8 Å². The third-order valence-electron chi connectivity index (χ3n) is 15.6. The molecular weight excluding hydrogens is 1260 g/mol. The molecule has 6 amide bonds. The molecule has 0 saturated heterocycles. The van der Waals surface area contributed by atoms with Crippen molar-refractivity contribution >= 4 is 69.0 Å². The van der Waals surface area contributed by atoms with Gasteiger partial charge in [0, 0.05) is 103 Å². The van der Waals surface area contributed by atoms with E-state index in [4.69, 9.17) is 0 Å². The molecule has 2 aliphatic rings. The minimum atomic E-state index is -1.20. The molecule has 30 heteroatoms. The molecule has 26 nitrogen and oxygen atoms in total. The highest BCUT2D eigenvalue weighted by atomic mass is 19.1. The maximum atomic E-state index is 14.8. The minimum Gasteiger partial charge on any atom is -0.387 e. The van der Waals surface area contributed by atoms with E-state index in [1.807, 2.05) is 19.9 Å². The molecule has 2 saturated carbocycles. The number of carbonyl (C=O) groups excluding carboxylic acids is 3. The Bertz CT molecular complexity index is 4910. The van der Waals surface area contributed by atoms with Gasteiger partial charge in [-0.05, 0) is 155 Å². The number of aliphatic hydroxyl groups is 3. The summed E-state index contributed by atoms with van der Waals surface area (Å²) in [5.41, 5.74) is 7.07. The number of benzene rings is 3. The van der Waals surface area contributed by atoms with Gasteiger partial charge in [-0.15, -0.1) is 0 Å². The summed E-state index contributed by atoms with van der Waals surface area (Å²) < 4.78 is 58.6. The van der Waals surface area contributed by atoms with Crippen LogP contribution in [0.2, 0.25) is 0 Å². The van der Waals surface area contributed by atoms with Crippen molar-refractivity contribution in [3.05, 3.63) is 169 Å². The number of hydrogen-bond donors (Lipinski definition) is 12. The van der Waals surface area contributed by atoms with E-state index in [1.54, 1.807) is 80.4 Å². The number of nitrogens with zero attached hydrogens (tertiary/aromatic N) is 11. The lowest BCUT2D eigenvalue weighted by Gasteiger charge is -2.11. The highest BCUT2D eigenvalue weighted by molar-refractivity contribution is 6.00. The van der Waals surface area contributed by atoms with Gasteiger partial charge in [-0.25, -0.2) is 66.8 Å². The Morgan fingerprint density at radius 2 is 0.907 bits per heavy atom. The Balaban J connectivity index is 0.000000139. The van der Waals surface area contributed by atoms with Gasteiger partial charge in [-0.2, -0.15) is 0 Å². The molecule has 3 aromatic carbocycles. The molecule has 2 unspecified atom stereocenters. The molecule has 2 aliphatic carbocycles. The van der Waals surface area contributed by atoms with Gasteiger partial charge >= 0.3 is 18.1 Å². The summed E-state index contributed by atoms with van der Waals surface area (Å²) in [4.78, 5) is 92.1. The second-order valence-electron chi connectivity index (χ2n) is 22.7. The number of aromatic amines is 3. The summed E-state index contributed by atoms with van der Waals surface area (Å²) in [6.07, 6.45) is 13.3. The number of hydrogen-bond acceptors (Lipinski definition) is 17. The molecular formula is C67H62F4N20O6. The molecule has 2 fully saturated rings. The van der Waals surface area contributed by atoms with Crippen LogP contribution in [-0.4, -0.2) is 123 Å². The zero-order valence-electron chi connectivity index (χ0n) is 52.3. The highest BCUT2D eigenvalue weighted by Gasteiger charge is 2.45. The average molecular weight is 1320 g/mol. The first kappa shape index (κ1) is 65.3. The van der Waals surface area contributed by atoms with Crippen LogP contribution in [0.5, 0.6) is 0 Å². The number of nitrogens with one attached hydrogen (secondary N) is 9. The SMILES string of the molecule is CCNC(=O)Nc1nc2c(-c3ncccc3F)cc(-c3cnc(C4(O)CC4)c(F)c3)cc2[nH]1.CCNC(=O)Nc1nc2c(-c3ncccn3)cc(-c3cnc(C(C)O)c(F)c3)cc2[nH]1.CCNC(=O)Nc1nc2c(-c3ncccn3)cc(-c3cnc(C(O)C4CC4)c(F)c3)cc2[nH]1. The minimum absolute atomic E-state index is 0.0218. The molecule has 97 heavy (non-hydrogen) atoms. The van der Waals surface area contributed by atoms with Crippen LogP contribution in [0.3, 0.4) is 0 Å². The zero-order valence-corrected chi connectivity index (χ0v) is 52.3. The average Bonchev–Trinajstić information content (AvgIpc) is 1.63. The number of anilines is 3. The maximum Gasteiger partial charge on any atom is 0.321 e. The standard InChI is InChI=1S/C23H20F2N6O2.C23H22FN7O2.C21H20FN7O2/c1-2-26-22(32)31-21-29-17-10-12(13-9-16(25)20(28-11-13)23(33)5-6-23)8-14(19(17)30-21)18-15(24)4-3-7-27-18;1-2-25-23(33)31-22-29-17-10-13(8-15(18(17)30-22)21-26-6-3-7-27-21)14-9-16(24)19(28-11-14)20(32)12-4-5-12;1-3-23-21(31)29-20-27-16-9-12(13-8-15(22)17(11(2)30)26-10-13)7-14(18(16)28-20)19-24-5-4-6-25-19/h3-4,7-11,33H,2,5-6H2,1H3,(H3,26,29,30,31,32);3,6-12,20,32H,2,4-5H2,1H3,(H3,25,29,30,31,33);4-11,30H,3H2,1-2H3,(H3,23,27,28,29,31). The quantitative estimate of drug-likeness (QED) is 0.0400. The van der Waals surface area contributed by atoms with E-state index in [2.05, 4.69) is 102 Å². The van der Waals surface area contributed by atoms with Crippen molar-refractivity contribution in [3.8, 4) is 67.4 Å². The first-order valence-corrected chi connectivity index (χ1v) is 30.8. The van der Waals surface area contributed by atoms with Crippen LogP contribution in [0.1, 0.15) is 82.7 Å². The van der Waals surface area contributed by atoms with Crippen molar-refractivity contribution in [2.45, 2.75) is 71.2 Å². The van der Waals surface area contributed by atoms with Gasteiger partial charge < -0.3 is 46.2 Å². The van der Waals surface area contributed by atoms with Crippen molar-refractivity contribution in [1.82, 2.24) is 85.7 Å². The molecule has 0 aliphatic heterocycles. The number of carbonyl (C=O) groups is 3. The van der Waals surface area contributed by atoms with Gasteiger partial charge in [0.15, 0.2) is 11.6 Å². The molecule has 494 valence electrons. The number of aliphatic hydroxyl groups excluding tert-OH is 2. The monoisotopic (exact) mass is 1320 g/mol. The van der Waals surface area contributed by atoms with Crippen LogP contribution in [-0.2, 0) is 5.60 Å². The summed E-state index contributed by atoms with van der Waals surface area (Å²) in [6, 6.07) is 19.5. The molecule has 0 spiro atoms. The van der Waals surface area contributed by atoms with E-state index >= 15 is 0 Å². The maximum absolute atomic E-state index is 14.8. The Morgan fingerprint density at radius 3 is 1.30 bits per heavy atom. The van der Waals surface area contributed by atoms with E-state index in [0.717, 1.165) is 12.8 Å². The molecule has 9 heterocycles. The summed E-state index contributed by atoms with van der Waals surface area (Å²) >= 11 is 0. The van der Waals surface area contributed by atoms with Gasteiger partial charge in [0.1, 0.15) is 74.3 Å². The van der Waals surface area contributed by atoms with Gasteiger partial charge in [0.05, 0.1) is 22.7 Å². The van der Waals surface area contributed by atoms with Gasteiger partial charge in [-0.3, -0.25) is 35.9 Å². The summed E-state index contributed by atoms with van der Waals surface area (Å²) in [7, 11) is 0. The molecule has 9 aromatic heterocycles. The third-order valence-corrected chi connectivity index (χ3v) is 15.6. The van der Waals surface area contributed by atoms with Crippen molar-refractivity contribution < 1.29 is 47.3 Å². The fourth-order valence-electron chi connectivity index (χ4n) is 10.6. The molecule has 14 rings (SSSR count). The normalized spacial score (nSPS) is 13.6. The number of rotatable bonds is 16. The van der Waals surface area contributed by atoms with Crippen LogP contribution < -0.4 is 31.9 Å². The fraction of sp³-hybridized carbons (Fsp3) is 0.224. The first-order chi connectivity index (χ1) is 46.9. The van der Waals surface area contributed by atoms with Crippen molar-refractivity contribution in [2.24, 2.45) is 5.92 Å². The predicted octanol–water partition coefficient (Wildman–Crippen LogP) is 11.3. The number of fused-ring (bicyclic) bond motifs is 3. The fourth-order valence-corrected chi connectivity index (χ4v) is 10.6. The second-order valence-corrected chi connectivity index (χ2v) is 22.7. The third kappa shape index (κ3) is 14.6. The lowest BCUT2D eigenvalue weighted by atomic mass is 10.00. The molecule has 12 N–H and O–H groups in total. The van der Waals surface area contributed by atoms with Gasteiger partial charge in [0.2, 0.25) is 17.8 Å². The topological polar surface area (TPSA) is 373 Å².